The van der Waals surface area contributed by atoms with E-state index in [1.165, 1.54) is 75.0 Å². The zero-order valence-corrected chi connectivity index (χ0v) is 60.0. The first-order valence-electron chi connectivity index (χ1n) is 34.7. The number of nitrogens with zero attached hydrogens (tertiary/aromatic N) is 9. The molecule has 12 amide bonds. The summed E-state index contributed by atoms with van der Waals surface area (Å²) in [6, 6.07) is -5.64. The molecule has 3 aliphatic heterocycles. The lowest BCUT2D eigenvalue weighted by atomic mass is 9.81. The predicted molar refractivity (Wildman–Crippen MR) is 357 cm³/mol. The monoisotopic (exact) mass is 1390 g/mol. The molecule has 3 heterocycles. The Labute approximate surface area is 575 Å². The number of carbonyl (C=O) groups excluding carboxylic acids is 12. The Kier molecular flexibility index (Phi) is 28.2. The van der Waals surface area contributed by atoms with Crippen molar-refractivity contribution in [1.29, 1.82) is 0 Å². The van der Waals surface area contributed by atoms with Crippen LogP contribution < -0.4 is 16.0 Å². The van der Waals surface area contributed by atoms with Crippen LogP contribution in [-0.4, -0.2) is 251 Å². The van der Waals surface area contributed by atoms with Crippen LogP contribution in [0.3, 0.4) is 0 Å². The van der Waals surface area contributed by atoms with Crippen molar-refractivity contribution in [3.05, 3.63) is 34.3 Å². The lowest BCUT2D eigenvalue weighted by Gasteiger charge is -2.43. The fourth-order valence-corrected chi connectivity index (χ4v) is 14.8. The van der Waals surface area contributed by atoms with Crippen molar-refractivity contribution in [1.82, 2.24) is 60.0 Å². The summed E-state index contributed by atoms with van der Waals surface area (Å²) in [6.45, 7) is 9.71. The fourth-order valence-electron chi connectivity index (χ4n) is 14.5. The summed E-state index contributed by atoms with van der Waals surface area (Å²) >= 11 is 6.13. The molecule has 28 heteroatoms. The molecule has 542 valence electrons. The van der Waals surface area contributed by atoms with Crippen LogP contribution in [0.4, 0.5) is 13.2 Å². The topological polar surface area (TPSA) is 270 Å². The van der Waals surface area contributed by atoms with E-state index in [0.717, 1.165) is 57.4 Å². The van der Waals surface area contributed by atoms with Gasteiger partial charge in [-0.1, -0.05) is 97.7 Å². The lowest BCUT2D eigenvalue weighted by Crippen LogP contribution is -2.65. The van der Waals surface area contributed by atoms with E-state index in [4.69, 9.17) is 11.6 Å². The van der Waals surface area contributed by atoms with E-state index in [9.17, 15) is 41.9 Å². The molecule has 8 atom stereocenters. The van der Waals surface area contributed by atoms with Gasteiger partial charge in [-0.2, -0.15) is 13.2 Å². The van der Waals surface area contributed by atoms with Crippen molar-refractivity contribution in [3.63, 3.8) is 0 Å². The third kappa shape index (κ3) is 19.7. The molecule has 24 nitrogen and oxygen atoms in total. The number of alkyl halides is 3. The van der Waals surface area contributed by atoms with Crippen LogP contribution in [0.5, 0.6) is 0 Å². The number of likely N-dealkylation sites (tertiary alicyclic amines) is 1. The van der Waals surface area contributed by atoms with E-state index < -0.39 is 179 Å². The molecule has 3 saturated heterocycles. The minimum Gasteiger partial charge on any atom is -0.343 e. The molecule has 1 spiro atoms. The van der Waals surface area contributed by atoms with Crippen molar-refractivity contribution in [2.45, 2.75) is 218 Å². The van der Waals surface area contributed by atoms with Crippen LogP contribution in [0.15, 0.2) is 18.2 Å². The van der Waals surface area contributed by atoms with E-state index in [1.807, 2.05) is 20.8 Å². The molecule has 2 aliphatic carbocycles. The molecule has 1 unspecified atom stereocenters. The lowest BCUT2D eigenvalue weighted by molar-refractivity contribution is -0.157. The van der Waals surface area contributed by atoms with Gasteiger partial charge in [-0.3, -0.25) is 57.5 Å². The summed E-state index contributed by atoms with van der Waals surface area (Å²) in [7, 11) is 9.83. The number of fused-ring (bicyclic) bond motifs is 1. The Morgan fingerprint density at radius 3 is 1.84 bits per heavy atom. The fraction of sp³-hybridized carbons (Fsp3) is 0.739. The Hall–Kier alpha value is -7.06. The van der Waals surface area contributed by atoms with Gasteiger partial charge in [0, 0.05) is 69.0 Å². The van der Waals surface area contributed by atoms with Gasteiger partial charge in [0.05, 0.1) is 36.6 Å². The number of piperidine rings is 1. The highest BCUT2D eigenvalue weighted by Gasteiger charge is 2.51. The van der Waals surface area contributed by atoms with Crippen molar-refractivity contribution in [2.75, 3.05) is 88.6 Å². The van der Waals surface area contributed by atoms with Crippen LogP contribution in [0, 0.1) is 23.7 Å². The molecule has 2 saturated carbocycles. The van der Waals surface area contributed by atoms with E-state index in [-0.39, 0.29) is 51.0 Å². The van der Waals surface area contributed by atoms with E-state index in [1.54, 1.807) is 25.7 Å². The molecular weight excluding hydrogens is 1280 g/mol. The number of hydrogen-bond donors (Lipinski definition) is 3. The molecule has 5 aliphatic rings. The first-order chi connectivity index (χ1) is 45.5. The number of aryl methyl sites for hydroxylation is 1. The quantitative estimate of drug-likeness (QED) is 0.276. The largest absolute Gasteiger partial charge is 0.417 e. The van der Waals surface area contributed by atoms with Crippen LogP contribution in [0.25, 0.3) is 0 Å². The van der Waals surface area contributed by atoms with Crippen LogP contribution >= 0.6 is 11.6 Å². The maximum Gasteiger partial charge on any atom is 0.417 e. The number of carbonyl (C=O) groups is 12. The third-order valence-corrected chi connectivity index (χ3v) is 20.9. The third-order valence-electron chi connectivity index (χ3n) is 20.6. The van der Waals surface area contributed by atoms with Gasteiger partial charge in [0.25, 0.3) is 0 Å². The number of amides is 12. The van der Waals surface area contributed by atoms with Crippen molar-refractivity contribution >= 4 is 82.5 Å². The first kappa shape index (κ1) is 78.9. The van der Waals surface area contributed by atoms with Gasteiger partial charge in [-0.25, -0.2) is 0 Å². The number of rotatable bonds is 10. The SMILES string of the molecule is CC[C@H](C)[C@@H]1NC(=O)[C@H](CC(C)C)N(C)C(=O)C[C@@H](C(=O)N2CCCCC2)N(C)C(=O)[C@H](C2CCCCC2)N(C)C(=O)C2(CCCC2)NC(=O)C2CCCN2C(=O)[C@H](CCc2ccc(C(F)(F)F)c(Cl)c2)NC(=O)CN(C)C(=O)[C@H](C(C)C)N(C)C(=O)CN(C)C(=O)CN(C)C1=O. The molecule has 1 aromatic rings. The molecule has 5 fully saturated rings. The zero-order valence-electron chi connectivity index (χ0n) is 59.2. The number of likely N-dealkylation sites (N-methyl/N-ethyl adjacent to an activating group) is 7. The second-order valence-electron chi connectivity index (χ2n) is 28.6. The van der Waals surface area contributed by atoms with Gasteiger partial charge in [-0.15, -0.1) is 0 Å². The highest BCUT2D eigenvalue weighted by atomic mass is 35.5. The summed E-state index contributed by atoms with van der Waals surface area (Å²) in [5, 5.41) is 8.10. The molecule has 0 radical (unpaired) electrons. The Bertz CT molecular complexity index is 3030. The van der Waals surface area contributed by atoms with Gasteiger partial charge in [0.1, 0.15) is 47.8 Å². The predicted octanol–water partition coefficient (Wildman–Crippen LogP) is 5.11. The second kappa shape index (κ2) is 34.6. The normalized spacial score (nSPS) is 26.3. The summed E-state index contributed by atoms with van der Waals surface area (Å²) in [5.74, 6) is -9.49. The Morgan fingerprint density at radius 1 is 0.639 bits per heavy atom. The minimum absolute atomic E-state index is 0.0329. The smallest absolute Gasteiger partial charge is 0.343 e. The molecule has 3 N–H and O–H groups in total. The number of halogens is 4. The molecule has 0 bridgehead atoms. The average molecular weight is 1390 g/mol. The Balaban J connectivity index is 1.43. The molecule has 0 aromatic heterocycles. The van der Waals surface area contributed by atoms with Gasteiger partial charge in [0.2, 0.25) is 70.9 Å². The standard InChI is InChI=1S/C69H106ClF3N12O12/c1-14-44(6)57-64(94)79(9)40-55(88)77(7)41-56(89)82(12)58(43(4)5)65(95)78(8)39-53(86)74-49(30-28-45-27-29-47(48(70)37-45)69(71,72)73)62(92)85-35-23-26-50(85)61(91)76-68(31-19-20-32-68)67(97)83(13)59(46-24-17-15-18-25-46)66(96)81(11)52(63(93)84-33-21-16-22-34-84)38-54(87)80(10)51(36-42(2)3)60(90)75-57/h27,29,37,42-44,46,49-52,57-59H,14-26,28,30-36,38-41H2,1-13H3,(H,74,86)(H,75,90)(H,76,91)/t44-,49-,50?,51-,52-,57-,58-,59-/m0/s1. The van der Waals surface area contributed by atoms with Crippen LogP contribution in [0.1, 0.15) is 168 Å². The highest BCUT2D eigenvalue weighted by molar-refractivity contribution is 6.31. The maximum absolute atomic E-state index is 15.8. The summed E-state index contributed by atoms with van der Waals surface area (Å²) in [4.78, 5) is 189. The van der Waals surface area contributed by atoms with Crippen molar-refractivity contribution in [2.24, 2.45) is 23.7 Å². The summed E-state index contributed by atoms with van der Waals surface area (Å²) in [5.41, 5.74) is -2.35. The van der Waals surface area contributed by atoms with E-state index in [2.05, 4.69) is 16.0 Å². The van der Waals surface area contributed by atoms with Crippen molar-refractivity contribution < 1.29 is 70.7 Å². The number of nitrogens with one attached hydrogen (secondary N) is 3. The zero-order chi connectivity index (χ0) is 72.1. The van der Waals surface area contributed by atoms with Gasteiger partial charge in [0.15, 0.2) is 0 Å². The van der Waals surface area contributed by atoms with E-state index >= 15 is 28.8 Å². The van der Waals surface area contributed by atoms with Crippen molar-refractivity contribution in [3.8, 4) is 0 Å². The Morgan fingerprint density at radius 2 is 1.25 bits per heavy atom. The minimum atomic E-state index is -4.76. The summed E-state index contributed by atoms with van der Waals surface area (Å²) < 4.78 is 41.4. The van der Waals surface area contributed by atoms with Crippen LogP contribution in [0.2, 0.25) is 5.02 Å². The van der Waals surface area contributed by atoms with Gasteiger partial charge in [-0.05, 0) is 118 Å². The molecule has 97 heavy (non-hydrogen) atoms. The summed E-state index contributed by atoms with van der Waals surface area (Å²) in [6.07, 6.45) is 2.49. The number of benzene rings is 1. The molecule has 6 rings (SSSR count). The maximum atomic E-state index is 15.8. The second-order valence-corrected chi connectivity index (χ2v) is 29.0. The molecular formula is C69H106ClF3N12O12. The average Bonchev–Trinajstić information content (AvgIpc) is 1.76. The van der Waals surface area contributed by atoms with Crippen LogP contribution in [-0.2, 0) is 70.1 Å². The van der Waals surface area contributed by atoms with Gasteiger partial charge < -0.3 is 60.0 Å². The first-order valence-corrected chi connectivity index (χ1v) is 35.1. The van der Waals surface area contributed by atoms with E-state index in [0.29, 0.717) is 70.0 Å². The molecule has 1 aromatic carbocycles. The van der Waals surface area contributed by atoms with Gasteiger partial charge >= 0.3 is 6.18 Å². The highest BCUT2D eigenvalue weighted by Crippen LogP contribution is 2.38. The number of hydrogen-bond acceptors (Lipinski definition) is 12.